The Morgan fingerprint density at radius 3 is 2.74 bits per heavy atom. The van der Waals surface area contributed by atoms with Crippen molar-refractivity contribution in [3.63, 3.8) is 0 Å². The zero-order chi connectivity index (χ0) is 21.8. The van der Waals surface area contributed by atoms with Gasteiger partial charge in [0.25, 0.3) is 0 Å². The Hall–Kier alpha value is -1.45. The van der Waals surface area contributed by atoms with Crippen molar-refractivity contribution in [3.8, 4) is 0 Å². The van der Waals surface area contributed by atoms with Crippen LogP contribution in [0.4, 0.5) is 14.5 Å². The number of anilines is 1. The molecule has 4 heteroatoms. The van der Waals surface area contributed by atoms with Crippen molar-refractivity contribution in [2.24, 2.45) is 40.9 Å². The molecule has 2 unspecified atom stereocenters. The van der Waals surface area contributed by atoms with E-state index in [4.69, 9.17) is 0 Å². The summed E-state index contributed by atoms with van der Waals surface area (Å²) in [4.78, 5) is 13.2. The van der Waals surface area contributed by atoms with Gasteiger partial charge in [-0.2, -0.15) is 0 Å². The van der Waals surface area contributed by atoms with Crippen LogP contribution in [0.1, 0.15) is 71.6 Å². The lowest BCUT2D eigenvalue weighted by molar-refractivity contribution is -0.145. The van der Waals surface area contributed by atoms with Crippen LogP contribution in [0, 0.1) is 46.7 Å². The number of fused-ring (bicyclic) bond motifs is 5. The van der Waals surface area contributed by atoms with Gasteiger partial charge in [0.05, 0.1) is 6.54 Å². The summed E-state index contributed by atoms with van der Waals surface area (Å²) in [7, 11) is 0. The molecule has 0 aromatic heterocycles. The van der Waals surface area contributed by atoms with Crippen LogP contribution in [-0.4, -0.2) is 18.0 Å². The molecule has 0 amide bonds. The van der Waals surface area contributed by atoms with Crippen LogP contribution in [0.5, 0.6) is 0 Å². The Labute approximate surface area is 185 Å². The van der Waals surface area contributed by atoms with Gasteiger partial charge in [0.15, 0.2) is 5.78 Å². The zero-order valence-electron chi connectivity index (χ0n) is 19.0. The molecule has 4 aliphatic rings. The van der Waals surface area contributed by atoms with Gasteiger partial charge in [-0.3, -0.25) is 4.79 Å². The predicted octanol–water partition coefficient (Wildman–Crippen LogP) is 6.80. The van der Waals surface area contributed by atoms with Gasteiger partial charge in [-0.15, -0.1) is 0 Å². The van der Waals surface area contributed by atoms with Crippen molar-refractivity contribution in [3.05, 3.63) is 30.1 Å². The second-order valence-electron chi connectivity index (χ2n) is 11.5. The number of halogens is 2. The molecule has 31 heavy (non-hydrogen) atoms. The molecule has 0 saturated heterocycles. The van der Waals surface area contributed by atoms with E-state index in [2.05, 4.69) is 19.2 Å². The number of ketones is 1. The van der Waals surface area contributed by atoms with E-state index in [0.29, 0.717) is 23.4 Å². The minimum atomic E-state index is -0.961. The normalized spacial score (nSPS) is 44.1. The summed E-state index contributed by atoms with van der Waals surface area (Å²) in [5, 5.41) is 3.13. The highest BCUT2D eigenvalue weighted by atomic mass is 19.1. The topological polar surface area (TPSA) is 29.1 Å². The minimum Gasteiger partial charge on any atom is -0.378 e. The third-order valence-electron chi connectivity index (χ3n) is 9.97. The van der Waals surface area contributed by atoms with Gasteiger partial charge in [0, 0.05) is 11.6 Å². The summed E-state index contributed by atoms with van der Waals surface area (Å²) in [5.41, 5.74) is -0.314. The van der Waals surface area contributed by atoms with Crippen molar-refractivity contribution in [1.82, 2.24) is 0 Å². The van der Waals surface area contributed by atoms with Crippen molar-refractivity contribution < 1.29 is 13.6 Å². The lowest BCUT2D eigenvalue weighted by Gasteiger charge is -2.58. The Balaban J connectivity index is 1.29. The summed E-state index contributed by atoms with van der Waals surface area (Å²) in [5.74, 6) is 2.04. The van der Waals surface area contributed by atoms with Gasteiger partial charge < -0.3 is 5.32 Å². The molecule has 4 aliphatic carbocycles. The van der Waals surface area contributed by atoms with Crippen LogP contribution in [0.15, 0.2) is 24.3 Å². The van der Waals surface area contributed by atoms with E-state index in [1.54, 1.807) is 12.1 Å². The molecule has 1 N–H and O–H groups in total. The lowest BCUT2D eigenvalue weighted by Crippen LogP contribution is -2.56. The molecule has 1 aromatic carbocycles. The number of hydrogen-bond donors (Lipinski definition) is 1. The molecule has 4 saturated carbocycles. The third-order valence-corrected chi connectivity index (χ3v) is 9.97. The van der Waals surface area contributed by atoms with Crippen molar-refractivity contribution in [2.45, 2.75) is 77.3 Å². The predicted molar refractivity (Wildman–Crippen MR) is 120 cm³/mol. The molecule has 2 nitrogen and oxygen atoms in total. The molecular formula is C27H37F2NO. The van der Waals surface area contributed by atoms with E-state index in [1.165, 1.54) is 12.1 Å². The fraction of sp³-hybridized carbons (Fsp3) is 0.741. The first-order valence-electron chi connectivity index (χ1n) is 12.5. The smallest absolute Gasteiger partial charge is 0.155 e. The van der Waals surface area contributed by atoms with Crippen molar-refractivity contribution in [2.75, 3.05) is 11.9 Å². The second kappa shape index (κ2) is 7.85. The van der Waals surface area contributed by atoms with Gasteiger partial charge >= 0.3 is 0 Å². The summed E-state index contributed by atoms with van der Waals surface area (Å²) >= 11 is 0. The Kier molecular flexibility index (Phi) is 5.42. The summed E-state index contributed by atoms with van der Waals surface area (Å²) in [6.07, 6.45) is 8.94. The number of benzene rings is 1. The first-order valence-corrected chi connectivity index (χ1v) is 12.5. The second-order valence-corrected chi connectivity index (χ2v) is 11.5. The highest BCUT2D eigenvalue weighted by Gasteiger charge is 2.62. The van der Waals surface area contributed by atoms with Crippen LogP contribution in [0.25, 0.3) is 0 Å². The van der Waals surface area contributed by atoms with E-state index >= 15 is 4.39 Å². The molecule has 170 valence electrons. The first kappa shape index (κ1) is 21.4. The lowest BCUT2D eigenvalue weighted by atomic mass is 9.48. The number of hydrogen-bond acceptors (Lipinski definition) is 2. The summed E-state index contributed by atoms with van der Waals surface area (Å²) in [6.45, 7) is 4.85. The van der Waals surface area contributed by atoms with E-state index in [0.717, 1.165) is 57.8 Å². The number of nitrogens with one attached hydrogen (secondary N) is 1. The fourth-order valence-electron chi connectivity index (χ4n) is 8.44. The monoisotopic (exact) mass is 429 g/mol. The molecule has 4 fully saturated rings. The molecule has 1 aromatic rings. The molecule has 0 aliphatic heterocycles. The highest BCUT2D eigenvalue weighted by molar-refractivity contribution is 5.86. The number of alkyl halides is 1. The molecule has 0 spiro atoms. The average Bonchev–Trinajstić information content (AvgIpc) is 3.10. The molecule has 0 heterocycles. The number of carbonyl (C=O) groups excluding carboxylic acids is 1. The van der Waals surface area contributed by atoms with Crippen molar-refractivity contribution >= 4 is 11.5 Å². The third kappa shape index (κ3) is 3.53. The van der Waals surface area contributed by atoms with Crippen LogP contribution in [0.2, 0.25) is 0 Å². The largest absolute Gasteiger partial charge is 0.378 e. The highest BCUT2D eigenvalue weighted by Crippen LogP contribution is 2.66. The van der Waals surface area contributed by atoms with Gasteiger partial charge in [-0.05, 0) is 111 Å². The Bertz CT molecular complexity index is 842. The maximum Gasteiger partial charge on any atom is 0.155 e. The number of rotatable bonds is 4. The fourth-order valence-corrected chi connectivity index (χ4v) is 8.44. The van der Waals surface area contributed by atoms with Crippen LogP contribution < -0.4 is 5.32 Å². The van der Waals surface area contributed by atoms with Crippen LogP contribution in [-0.2, 0) is 4.79 Å². The Morgan fingerprint density at radius 2 is 1.94 bits per heavy atom. The van der Waals surface area contributed by atoms with Crippen molar-refractivity contribution in [1.29, 1.82) is 0 Å². The molecule has 8 atom stereocenters. The number of carbonyl (C=O) groups is 1. The minimum absolute atomic E-state index is 0.00692. The molecule has 0 radical (unpaired) electrons. The van der Waals surface area contributed by atoms with Gasteiger partial charge in [-0.1, -0.05) is 19.9 Å². The molecular weight excluding hydrogens is 392 g/mol. The summed E-state index contributed by atoms with van der Waals surface area (Å²) < 4.78 is 29.8. The zero-order valence-corrected chi connectivity index (χ0v) is 19.0. The summed E-state index contributed by atoms with van der Waals surface area (Å²) in [6, 6.07) is 6.30. The molecule has 5 rings (SSSR count). The maximum absolute atomic E-state index is 16.4. The number of Topliss-reactive ketones (excluding diaryl/α,β-unsaturated/α-hetero) is 1. The van der Waals surface area contributed by atoms with Gasteiger partial charge in [0.1, 0.15) is 11.5 Å². The van der Waals surface area contributed by atoms with E-state index in [9.17, 15) is 9.18 Å². The van der Waals surface area contributed by atoms with Crippen LogP contribution >= 0.6 is 0 Å². The van der Waals surface area contributed by atoms with E-state index in [1.807, 2.05) is 0 Å². The average molecular weight is 430 g/mol. The SMILES string of the molecule is C[C@H]1CC[C@]2(F)C3CC[C@@]4(C)C(CC[C@@H]4C(=O)CNc4cccc(F)c4)[C@@H]3CC[C@@H]2C1. The standard InChI is InChI=1S/C27H37F2NO/c1-17-10-13-27(29)18(14-17)6-7-21-22-8-9-24(26(22,2)12-11-23(21)27)25(31)16-30-20-5-3-4-19(28)15-20/h3-5,15,17-18,21-24,30H,6-14,16H2,1-2H3/t17-,18+,21-,22?,23?,24+,26-,27+/m0/s1. The first-order chi connectivity index (χ1) is 14.8. The van der Waals surface area contributed by atoms with Crippen LogP contribution in [0.3, 0.4) is 0 Å². The maximum atomic E-state index is 16.4. The van der Waals surface area contributed by atoms with E-state index < -0.39 is 5.67 Å². The quantitative estimate of drug-likeness (QED) is 0.570. The van der Waals surface area contributed by atoms with E-state index in [-0.39, 0.29) is 41.3 Å². The van der Waals surface area contributed by atoms with Gasteiger partial charge in [-0.25, -0.2) is 8.78 Å². The Morgan fingerprint density at radius 1 is 1.10 bits per heavy atom. The molecule has 0 bridgehead atoms. The van der Waals surface area contributed by atoms with Gasteiger partial charge in [0.2, 0.25) is 0 Å².